The van der Waals surface area contributed by atoms with Crippen LogP contribution >= 0.6 is 0 Å². The van der Waals surface area contributed by atoms with Gasteiger partial charge in [0.25, 0.3) is 0 Å². The summed E-state index contributed by atoms with van der Waals surface area (Å²) in [5.41, 5.74) is 25.7. The first-order valence-electron chi connectivity index (χ1n) is 27.8. The molecule has 1 aromatic heterocycles. The Bertz CT molecular complexity index is 3900. The number of anilines is 2. The van der Waals surface area contributed by atoms with Gasteiger partial charge in [0.2, 0.25) is 0 Å². The highest BCUT2D eigenvalue weighted by molar-refractivity contribution is 5.89. The number of fused-ring (bicyclic) bond motifs is 8. The van der Waals surface area contributed by atoms with E-state index >= 15 is 0 Å². The van der Waals surface area contributed by atoms with Crippen molar-refractivity contribution < 1.29 is 0 Å². The lowest BCUT2D eigenvalue weighted by Crippen LogP contribution is -2.34. The summed E-state index contributed by atoms with van der Waals surface area (Å²) in [5, 5.41) is 5.50. The van der Waals surface area contributed by atoms with Crippen LogP contribution in [0.1, 0.15) is 83.2 Å². The molecule has 376 valence electrons. The molecule has 78 heavy (non-hydrogen) atoms. The van der Waals surface area contributed by atoms with Crippen molar-refractivity contribution in [3.05, 3.63) is 346 Å². The first kappa shape index (κ1) is 47.4. The Morgan fingerprint density at radius 2 is 1.29 bits per heavy atom. The number of rotatable bonds is 11. The molecule has 0 saturated carbocycles. The van der Waals surface area contributed by atoms with E-state index in [2.05, 4.69) is 279 Å². The second kappa shape index (κ2) is 19.2. The molecule has 14 rings (SSSR count). The number of allylic oxidation sites excluding steroid dienone is 17. The Morgan fingerprint density at radius 1 is 0.667 bits per heavy atom. The van der Waals surface area contributed by atoms with E-state index in [0.29, 0.717) is 0 Å². The van der Waals surface area contributed by atoms with Crippen molar-refractivity contribution in [3.8, 4) is 22.4 Å². The smallest absolute Gasteiger partial charge is 0.0959 e. The molecule has 0 radical (unpaired) electrons. The highest BCUT2D eigenvalue weighted by Crippen LogP contribution is 2.61. The van der Waals surface area contributed by atoms with Crippen molar-refractivity contribution in [2.24, 2.45) is 0 Å². The summed E-state index contributed by atoms with van der Waals surface area (Å²) < 4.78 is 2.22. The van der Waals surface area contributed by atoms with E-state index in [1.807, 2.05) is 12.2 Å². The average molecular weight is 1000 g/mol. The largest absolute Gasteiger partial charge is 0.334 e. The molecular weight excluding hydrogens is 943 g/mol. The van der Waals surface area contributed by atoms with Crippen LogP contribution in [-0.2, 0) is 10.8 Å². The molecule has 1 aliphatic heterocycles. The van der Waals surface area contributed by atoms with Crippen LogP contribution in [0, 0.1) is 6.92 Å². The van der Waals surface area contributed by atoms with Crippen LogP contribution in [0.25, 0.3) is 28.1 Å². The Morgan fingerprint density at radius 3 is 1.97 bits per heavy atom. The van der Waals surface area contributed by atoms with Gasteiger partial charge in [-0.2, -0.15) is 5.10 Å². The summed E-state index contributed by atoms with van der Waals surface area (Å²) in [4.78, 5) is 2.62. The van der Waals surface area contributed by atoms with Gasteiger partial charge in [-0.1, -0.05) is 237 Å². The van der Waals surface area contributed by atoms with Crippen molar-refractivity contribution in [3.63, 3.8) is 0 Å². The van der Waals surface area contributed by atoms with E-state index in [4.69, 9.17) is 5.10 Å². The lowest BCUT2D eigenvalue weighted by molar-refractivity contribution is 0.676. The second-order valence-electron chi connectivity index (χ2n) is 21.6. The SMILES string of the molecule is C=C/C=C\C=C(/C)C1=CC2=CC=CC[C@H]2c2c(C)c(-c3ccc(N(c4ccc5c(c4)-c4ccccc4C5(c4ccccc4)c4ccccc4)[C@H]4C=C5C(=CC4)C(c4ccccc4)(c4ccccc4)C4=C5C=CCC4)cc3)nn21. The normalized spacial score (nSPS) is 19.1. The maximum absolute atomic E-state index is 5.50. The van der Waals surface area contributed by atoms with Crippen molar-refractivity contribution in [1.29, 1.82) is 0 Å². The summed E-state index contributed by atoms with van der Waals surface area (Å²) >= 11 is 0. The predicted molar refractivity (Wildman–Crippen MR) is 324 cm³/mol. The minimum atomic E-state index is -0.486. The summed E-state index contributed by atoms with van der Waals surface area (Å²) in [6.07, 6.45) is 31.0. The van der Waals surface area contributed by atoms with Crippen LogP contribution in [-0.4, -0.2) is 15.8 Å². The third kappa shape index (κ3) is 7.21. The number of benzene rings is 7. The van der Waals surface area contributed by atoms with Crippen molar-refractivity contribution in [2.75, 3.05) is 4.90 Å². The molecule has 0 unspecified atom stereocenters. The predicted octanol–water partition coefficient (Wildman–Crippen LogP) is 18.1. The summed E-state index contributed by atoms with van der Waals surface area (Å²) in [7, 11) is 0. The van der Waals surface area contributed by atoms with Crippen molar-refractivity contribution in [1.82, 2.24) is 9.78 Å². The molecule has 3 heteroatoms. The summed E-state index contributed by atoms with van der Waals surface area (Å²) in [5.74, 6) is 0.253. The van der Waals surface area contributed by atoms with Crippen molar-refractivity contribution in [2.45, 2.75) is 62.3 Å². The van der Waals surface area contributed by atoms with Gasteiger partial charge < -0.3 is 4.90 Å². The molecule has 7 aromatic carbocycles. The molecule has 0 N–H and O–H groups in total. The molecule has 2 heterocycles. The fraction of sp³-hybridized carbons (Fsp3) is 0.133. The zero-order chi connectivity index (χ0) is 52.4. The molecule has 0 bridgehead atoms. The maximum atomic E-state index is 5.50. The Kier molecular flexibility index (Phi) is 11.7. The van der Waals surface area contributed by atoms with Gasteiger partial charge in [0.15, 0.2) is 0 Å². The van der Waals surface area contributed by atoms with Gasteiger partial charge >= 0.3 is 0 Å². The molecule has 0 fully saturated rings. The van der Waals surface area contributed by atoms with E-state index in [1.54, 1.807) is 0 Å². The monoisotopic (exact) mass is 1000 g/mol. The standard InChI is InChI=1S/C75H61N3/c1-4-5-10-25-51(2)71-48-54-26-19-20-35-62(54)73-52(3)72(76-78(71)73)53-40-42-59(43-41-53)77(60-44-46-69-65(49-60)63-36-21-23-38-67(63)74(69,55-27-11-6-12-28-55)56-29-13-7-14-30-56)61-45-47-70-66(50-61)64-37-22-24-39-68(64)75(70,57-31-15-8-16-32-57)58-33-17-9-18-34-58/h4-23,25-34,36-38,40-44,46-50,61-62H,1,24,35,39,45H2,2-3H3/b10-5-,51-25+/t61-,62-/m1/s1. The molecule has 6 aliphatic rings. The molecular formula is C75H61N3. The number of hydrogen-bond donors (Lipinski definition) is 0. The van der Waals surface area contributed by atoms with E-state index in [-0.39, 0.29) is 17.4 Å². The van der Waals surface area contributed by atoms with Gasteiger partial charge in [0, 0.05) is 22.9 Å². The van der Waals surface area contributed by atoms with E-state index in [9.17, 15) is 0 Å². The first-order valence-corrected chi connectivity index (χ1v) is 27.8. The summed E-state index contributed by atoms with van der Waals surface area (Å²) in [6.45, 7) is 8.34. The fourth-order valence-corrected chi connectivity index (χ4v) is 14.3. The Balaban J connectivity index is 0.940. The third-order valence-corrected chi connectivity index (χ3v) is 17.6. The van der Waals surface area contributed by atoms with Crippen LogP contribution in [0.15, 0.2) is 301 Å². The third-order valence-electron chi connectivity index (χ3n) is 17.6. The van der Waals surface area contributed by atoms with Gasteiger partial charge in [-0.05, 0) is 153 Å². The van der Waals surface area contributed by atoms with E-state index < -0.39 is 5.41 Å². The molecule has 3 nitrogen and oxygen atoms in total. The van der Waals surface area contributed by atoms with Crippen LogP contribution in [0.4, 0.5) is 11.4 Å². The highest BCUT2D eigenvalue weighted by Gasteiger charge is 2.51. The highest BCUT2D eigenvalue weighted by atomic mass is 15.3. The molecule has 0 amide bonds. The fourth-order valence-electron chi connectivity index (χ4n) is 14.3. The molecule has 5 aliphatic carbocycles. The molecule has 0 saturated heterocycles. The number of aromatic nitrogens is 2. The number of hydrogen-bond acceptors (Lipinski definition) is 2. The van der Waals surface area contributed by atoms with Crippen molar-refractivity contribution >= 4 is 17.1 Å². The molecule has 2 atom stereocenters. The maximum Gasteiger partial charge on any atom is 0.0959 e. The lowest BCUT2D eigenvalue weighted by Gasteiger charge is -2.39. The van der Waals surface area contributed by atoms with Gasteiger partial charge in [0.05, 0.1) is 34.0 Å². The van der Waals surface area contributed by atoms with Gasteiger partial charge in [-0.25, -0.2) is 4.68 Å². The minimum absolute atomic E-state index is 0.00698. The van der Waals surface area contributed by atoms with Crippen LogP contribution in [0.5, 0.6) is 0 Å². The number of nitrogens with zero attached hydrogens (tertiary/aromatic N) is 3. The van der Waals surface area contributed by atoms with E-state index in [1.165, 1.54) is 83.6 Å². The average Bonchev–Trinajstić information content (AvgIpc) is 3.93. The quantitative estimate of drug-likeness (QED) is 0.120. The van der Waals surface area contributed by atoms with E-state index in [0.717, 1.165) is 59.6 Å². The zero-order valence-corrected chi connectivity index (χ0v) is 44.4. The Labute approximate surface area is 459 Å². The topological polar surface area (TPSA) is 21.1 Å². The van der Waals surface area contributed by atoms with Gasteiger partial charge in [-0.3, -0.25) is 0 Å². The van der Waals surface area contributed by atoms with Crippen LogP contribution in [0.3, 0.4) is 0 Å². The lowest BCUT2D eigenvalue weighted by atomic mass is 9.64. The van der Waals surface area contributed by atoms with Gasteiger partial charge in [-0.15, -0.1) is 0 Å². The summed E-state index contributed by atoms with van der Waals surface area (Å²) in [6, 6.07) is 70.6. The van der Waals surface area contributed by atoms with Crippen LogP contribution < -0.4 is 4.90 Å². The first-order chi connectivity index (χ1) is 38.5. The van der Waals surface area contributed by atoms with Gasteiger partial charge in [0.1, 0.15) is 0 Å². The minimum Gasteiger partial charge on any atom is -0.334 e. The molecule has 8 aromatic rings. The molecule has 0 spiro atoms. The Hall–Kier alpha value is -9.05. The zero-order valence-electron chi connectivity index (χ0n) is 44.4. The second-order valence-corrected chi connectivity index (χ2v) is 21.6. The van der Waals surface area contributed by atoms with Crippen LogP contribution in [0.2, 0.25) is 0 Å².